The summed E-state index contributed by atoms with van der Waals surface area (Å²) in [5, 5.41) is 2.46. The number of rotatable bonds is 9. The third-order valence-electron chi connectivity index (χ3n) is 3.45. The molecule has 0 aliphatic carbocycles. The number of carbonyl (C=O) groups is 3. The molecule has 0 fully saturated rings. The Morgan fingerprint density at radius 1 is 0.964 bits per heavy atom. The molecule has 0 aliphatic rings. The largest absolute Gasteiger partial charge is 0.456 e. The van der Waals surface area contributed by atoms with Gasteiger partial charge in [-0.2, -0.15) is 8.78 Å². The summed E-state index contributed by atoms with van der Waals surface area (Å²) in [6, 6.07) is 10.7. The van der Waals surface area contributed by atoms with Crippen molar-refractivity contribution in [3.05, 3.63) is 59.9 Å². The van der Waals surface area contributed by atoms with Crippen molar-refractivity contribution < 1.29 is 32.3 Å². The van der Waals surface area contributed by atoms with Gasteiger partial charge in [0.15, 0.2) is 12.4 Å². The summed E-state index contributed by atoms with van der Waals surface area (Å²) >= 11 is 0.385. The zero-order chi connectivity index (χ0) is 20.5. The lowest BCUT2D eigenvalue weighted by Gasteiger charge is -2.07. The Morgan fingerprint density at radius 2 is 1.61 bits per heavy atom. The van der Waals surface area contributed by atoms with E-state index in [1.54, 1.807) is 0 Å². The summed E-state index contributed by atoms with van der Waals surface area (Å²) in [5.41, 5.74) is 0.645. The summed E-state index contributed by atoms with van der Waals surface area (Å²) in [6.45, 7) is -0.545. The average molecular weight is 411 g/mol. The zero-order valence-corrected chi connectivity index (χ0v) is 15.3. The molecule has 0 bridgehead atoms. The SMILES string of the molecule is O=C(COC(=O)CCC(=O)c1ccc(F)cc1)Nc1ccc(SC(F)F)cc1. The maximum absolute atomic E-state index is 12.8. The molecule has 0 saturated heterocycles. The van der Waals surface area contributed by atoms with Gasteiger partial charge in [-0.3, -0.25) is 14.4 Å². The topological polar surface area (TPSA) is 72.5 Å². The Labute approximate surface area is 163 Å². The maximum Gasteiger partial charge on any atom is 0.306 e. The van der Waals surface area contributed by atoms with Crippen LogP contribution in [0.25, 0.3) is 0 Å². The Balaban J connectivity index is 1.71. The van der Waals surface area contributed by atoms with E-state index >= 15 is 0 Å². The number of benzene rings is 2. The molecule has 5 nitrogen and oxygen atoms in total. The van der Waals surface area contributed by atoms with E-state index in [-0.39, 0.29) is 24.2 Å². The molecule has 0 heterocycles. The van der Waals surface area contributed by atoms with Gasteiger partial charge in [0, 0.05) is 22.6 Å². The number of anilines is 1. The first-order valence-electron chi connectivity index (χ1n) is 8.12. The van der Waals surface area contributed by atoms with Crippen LogP contribution in [0.3, 0.4) is 0 Å². The van der Waals surface area contributed by atoms with Gasteiger partial charge in [-0.15, -0.1) is 0 Å². The van der Waals surface area contributed by atoms with Gasteiger partial charge in [-0.05, 0) is 48.5 Å². The van der Waals surface area contributed by atoms with Crippen LogP contribution < -0.4 is 5.32 Å². The minimum absolute atomic E-state index is 0.130. The highest BCUT2D eigenvalue weighted by molar-refractivity contribution is 7.99. The third-order valence-corrected chi connectivity index (χ3v) is 4.17. The number of halogens is 3. The van der Waals surface area contributed by atoms with Crippen molar-refractivity contribution in [2.45, 2.75) is 23.5 Å². The molecule has 148 valence electrons. The summed E-state index contributed by atoms with van der Waals surface area (Å²) < 4.78 is 42.1. The number of carbonyl (C=O) groups excluding carboxylic acids is 3. The first kappa shape index (κ1) is 21.5. The molecule has 0 radical (unpaired) electrons. The standard InChI is InChI=1S/C19H16F3NO4S/c20-13-3-1-12(2-4-13)16(24)9-10-18(26)27-11-17(25)23-14-5-7-15(8-6-14)28-19(21)22/h1-8,19H,9-11H2,(H,23,25). The van der Waals surface area contributed by atoms with E-state index in [1.807, 2.05) is 0 Å². The number of esters is 1. The van der Waals surface area contributed by atoms with Crippen LogP contribution in [0.1, 0.15) is 23.2 Å². The lowest BCUT2D eigenvalue weighted by Crippen LogP contribution is -2.21. The number of thioether (sulfide) groups is 1. The smallest absolute Gasteiger partial charge is 0.306 e. The van der Waals surface area contributed by atoms with E-state index in [0.29, 0.717) is 22.3 Å². The van der Waals surface area contributed by atoms with E-state index < -0.39 is 30.1 Å². The highest BCUT2D eigenvalue weighted by Gasteiger charge is 2.12. The van der Waals surface area contributed by atoms with Gasteiger partial charge >= 0.3 is 5.97 Å². The molecule has 1 amide bonds. The number of ether oxygens (including phenoxy) is 1. The Bertz CT molecular complexity index is 826. The molecule has 9 heteroatoms. The number of hydrogen-bond donors (Lipinski definition) is 1. The van der Waals surface area contributed by atoms with E-state index in [4.69, 9.17) is 4.74 Å². The lowest BCUT2D eigenvalue weighted by atomic mass is 10.1. The van der Waals surface area contributed by atoms with Gasteiger partial charge in [0.05, 0.1) is 6.42 Å². The van der Waals surface area contributed by atoms with Gasteiger partial charge in [0.1, 0.15) is 5.82 Å². The first-order valence-corrected chi connectivity index (χ1v) is 9.00. The maximum atomic E-state index is 12.8. The summed E-state index contributed by atoms with van der Waals surface area (Å²) in [5.74, 6) is -4.68. The molecule has 1 N–H and O–H groups in total. The van der Waals surface area contributed by atoms with Gasteiger partial charge in [0.25, 0.3) is 11.7 Å². The normalized spacial score (nSPS) is 10.6. The minimum Gasteiger partial charge on any atom is -0.456 e. The van der Waals surface area contributed by atoms with E-state index in [9.17, 15) is 27.6 Å². The monoisotopic (exact) mass is 411 g/mol. The van der Waals surface area contributed by atoms with Crippen molar-refractivity contribution in [3.8, 4) is 0 Å². The number of nitrogens with one attached hydrogen (secondary N) is 1. The van der Waals surface area contributed by atoms with E-state index in [0.717, 1.165) is 12.1 Å². The number of alkyl halides is 2. The molecular formula is C19H16F3NO4S. The van der Waals surface area contributed by atoms with Crippen molar-refractivity contribution in [1.29, 1.82) is 0 Å². The number of hydrogen-bond acceptors (Lipinski definition) is 5. The Morgan fingerprint density at radius 3 is 2.21 bits per heavy atom. The minimum atomic E-state index is -2.53. The fraction of sp³-hybridized carbons (Fsp3) is 0.211. The molecule has 0 aliphatic heterocycles. The van der Waals surface area contributed by atoms with Crippen LogP contribution in [0.15, 0.2) is 53.4 Å². The van der Waals surface area contributed by atoms with Crippen molar-refractivity contribution in [3.63, 3.8) is 0 Å². The second-order valence-electron chi connectivity index (χ2n) is 5.54. The predicted molar refractivity (Wildman–Crippen MR) is 97.9 cm³/mol. The molecule has 0 unspecified atom stereocenters. The first-order chi connectivity index (χ1) is 13.3. The summed E-state index contributed by atoms with van der Waals surface area (Å²) in [6.07, 6.45) is -0.349. The molecular weight excluding hydrogens is 395 g/mol. The second-order valence-corrected chi connectivity index (χ2v) is 6.61. The van der Waals surface area contributed by atoms with Crippen LogP contribution >= 0.6 is 11.8 Å². The fourth-order valence-electron chi connectivity index (χ4n) is 2.13. The van der Waals surface area contributed by atoms with Gasteiger partial charge in [0.2, 0.25) is 0 Å². The molecule has 0 aromatic heterocycles. The van der Waals surface area contributed by atoms with Gasteiger partial charge < -0.3 is 10.1 Å². The van der Waals surface area contributed by atoms with Crippen LogP contribution in [-0.4, -0.2) is 30.0 Å². The molecule has 2 aromatic rings. The van der Waals surface area contributed by atoms with Crippen LogP contribution in [0.4, 0.5) is 18.9 Å². The van der Waals surface area contributed by atoms with Crippen LogP contribution in [0.2, 0.25) is 0 Å². The molecule has 0 atom stereocenters. The predicted octanol–water partition coefficient (Wildman–Crippen LogP) is 4.29. The van der Waals surface area contributed by atoms with Crippen molar-refractivity contribution in [2.24, 2.45) is 0 Å². The lowest BCUT2D eigenvalue weighted by molar-refractivity contribution is -0.147. The van der Waals surface area contributed by atoms with E-state index in [1.165, 1.54) is 36.4 Å². The molecule has 0 saturated carbocycles. The van der Waals surface area contributed by atoms with Gasteiger partial charge in [-0.25, -0.2) is 4.39 Å². The molecule has 0 spiro atoms. The molecule has 2 aromatic carbocycles. The molecule has 2 rings (SSSR count). The third kappa shape index (κ3) is 7.43. The number of amides is 1. The second kappa shape index (κ2) is 10.5. The highest BCUT2D eigenvalue weighted by atomic mass is 32.2. The zero-order valence-electron chi connectivity index (χ0n) is 14.5. The van der Waals surface area contributed by atoms with E-state index in [2.05, 4.69) is 5.32 Å². The van der Waals surface area contributed by atoms with Crippen LogP contribution in [0, 0.1) is 5.82 Å². The van der Waals surface area contributed by atoms with Crippen LogP contribution in [-0.2, 0) is 14.3 Å². The summed E-state index contributed by atoms with van der Waals surface area (Å²) in [4.78, 5) is 35.6. The Kier molecular flexibility index (Phi) is 8.06. The quantitative estimate of drug-likeness (QED) is 0.379. The van der Waals surface area contributed by atoms with Crippen LogP contribution in [0.5, 0.6) is 0 Å². The Hall–Kier alpha value is -2.81. The summed E-state index contributed by atoms with van der Waals surface area (Å²) in [7, 11) is 0. The highest BCUT2D eigenvalue weighted by Crippen LogP contribution is 2.26. The fourth-order valence-corrected chi connectivity index (χ4v) is 2.63. The van der Waals surface area contributed by atoms with Gasteiger partial charge in [-0.1, -0.05) is 11.8 Å². The number of Topliss-reactive ketones (excluding diaryl/α,β-unsaturated/α-hetero) is 1. The van der Waals surface area contributed by atoms with Crippen molar-refractivity contribution in [1.82, 2.24) is 0 Å². The van der Waals surface area contributed by atoms with Crippen molar-refractivity contribution in [2.75, 3.05) is 11.9 Å². The number of ketones is 1. The van der Waals surface area contributed by atoms with Crippen molar-refractivity contribution >= 4 is 35.1 Å². The average Bonchev–Trinajstić information content (AvgIpc) is 2.66. The molecule has 28 heavy (non-hydrogen) atoms.